The molecule has 0 spiro atoms. The Kier molecular flexibility index (Phi) is 12.0. The first-order valence-electron chi connectivity index (χ1n) is 27.5. The molecule has 81 heavy (non-hydrogen) atoms. The number of aliphatic imine (C=N–C) groups is 2. The molecule has 1 aliphatic rings. The second-order valence-electron chi connectivity index (χ2n) is 21.0. The minimum atomic E-state index is -0.421. The van der Waals surface area contributed by atoms with Crippen LogP contribution in [0.2, 0.25) is 0 Å². The number of para-hydroxylation sites is 2. The number of nitrogens with zero attached hydrogens (tertiary/aromatic N) is 2. The van der Waals surface area contributed by atoms with Crippen molar-refractivity contribution in [2.45, 2.75) is 13.1 Å². The molecule has 1 atom stereocenters. The van der Waals surface area contributed by atoms with Crippen LogP contribution in [0.4, 0.5) is 0 Å². The average Bonchev–Trinajstić information content (AvgIpc) is 4.18. The second-order valence-corrected chi connectivity index (χ2v) is 22.0. The molecule has 0 amide bonds. The lowest BCUT2D eigenvalue weighted by atomic mass is 9.92. The summed E-state index contributed by atoms with van der Waals surface area (Å²) in [6, 6.07) is 100. The number of furan rings is 1. The van der Waals surface area contributed by atoms with Crippen molar-refractivity contribution in [2.75, 3.05) is 0 Å². The quantitative estimate of drug-likeness (QED) is 0.148. The number of hydrogen-bond acceptors (Lipinski definition) is 5. The minimum absolute atomic E-state index is 0.421. The van der Waals surface area contributed by atoms with Gasteiger partial charge in [0.2, 0.25) is 0 Å². The van der Waals surface area contributed by atoms with Gasteiger partial charge in [-0.1, -0.05) is 237 Å². The first kappa shape index (κ1) is 48.0. The number of thiophene rings is 1. The largest absolute Gasteiger partial charge is 0.455 e. The van der Waals surface area contributed by atoms with E-state index < -0.39 is 6.17 Å². The van der Waals surface area contributed by atoms with Gasteiger partial charge in [0.05, 0.1) is 0 Å². The molecule has 1 unspecified atom stereocenters. The van der Waals surface area contributed by atoms with Crippen LogP contribution in [0.15, 0.2) is 293 Å². The highest BCUT2D eigenvalue weighted by molar-refractivity contribution is 7.26. The van der Waals surface area contributed by atoms with Crippen LogP contribution in [-0.4, -0.2) is 11.7 Å². The molecule has 3 heterocycles. The molecule has 15 rings (SSSR count). The lowest BCUT2D eigenvalue weighted by molar-refractivity contribution is 0.670. The Balaban J connectivity index is 0.793. The molecule has 0 bridgehead atoms. The van der Waals surface area contributed by atoms with Crippen LogP contribution in [0, 0.1) is 6.92 Å². The molecular formula is C76H51N3OS. The summed E-state index contributed by atoms with van der Waals surface area (Å²) in [6.07, 6.45) is -0.421. The topological polar surface area (TPSA) is 49.9 Å². The maximum atomic E-state index is 6.50. The monoisotopic (exact) mass is 1050 g/mol. The molecule has 382 valence electrons. The fraction of sp³-hybridized carbons (Fsp3) is 0.0263. The standard InChI is InChI=1S/C76H51N3OS/c1-48-41-60(47-61(42-48)64-31-15-33-68-66-29-7-9-35-70(66)80-72(64)68)49-37-39-51(40-38-49)74-77-75(58-25-13-21-54(45-58)52-19-11-23-56(43-52)63-28-6-5-27-62(63)50-17-3-2-4-18-50)79-76(78-74)59-26-14-22-55(46-59)53-20-12-24-57(44-53)65-32-16-34-69-67-30-8-10-36-71(67)81-73(65)69/h2-47,74H,1H3,(H,77,78,79). The van der Waals surface area contributed by atoms with E-state index in [0.29, 0.717) is 5.84 Å². The molecule has 0 saturated carbocycles. The van der Waals surface area contributed by atoms with Gasteiger partial charge in [-0.05, 0) is 133 Å². The van der Waals surface area contributed by atoms with Crippen LogP contribution in [0.3, 0.4) is 0 Å². The highest BCUT2D eigenvalue weighted by atomic mass is 32.1. The molecule has 5 heteroatoms. The van der Waals surface area contributed by atoms with Crippen LogP contribution in [0.5, 0.6) is 0 Å². The molecule has 0 fully saturated rings. The van der Waals surface area contributed by atoms with Crippen molar-refractivity contribution in [3.63, 3.8) is 0 Å². The predicted molar refractivity (Wildman–Crippen MR) is 341 cm³/mol. The van der Waals surface area contributed by atoms with Gasteiger partial charge in [-0.3, -0.25) is 0 Å². The number of fused-ring (bicyclic) bond motifs is 6. The van der Waals surface area contributed by atoms with E-state index >= 15 is 0 Å². The molecule has 0 saturated heterocycles. The van der Waals surface area contributed by atoms with Crippen LogP contribution in [0.25, 0.3) is 120 Å². The summed E-state index contributed by atoms with van der Waals surface area (Å²) in [4.78, 5) is 10.8. The summed E-state index contributed by atoms with van der Waals surface area (Å²) in [5.74, 6) is 1.42. The second kappa shape index (κ2) is 20.2. The van der Waals surface area contributed by atoms with Crippen molar-refractivity contribution in [1.82, 2.24) is 5.32 Å². The lowest BCUT2D eigenvalue weighted by Crippen LogP contribution is -2.33. The third-order valence-electron chi connectivity index (χ3n) is 15.8. The van der Waals surface area contributed by atoms with Crippen molar-refractivity contribution in [3.05, 3.63) is 301 Å². The van der Waals surface area contributed by atoms with Crippen molar-refractivity contribution in [1.29, 1.82) is 0 Å². The van der Waals surface area contributed by atoms with E-state index in [2.05, 4.69) is 279 Å². The summed E-state index contributed by atoms with van der Waals surface area (Å²) in [5.41, 5.74) is 22.0. The van der Waals surface area contributed by atoms with E-state index in [0.717, 1.165) is 94.5 Å². The average molecular weight is 1050 g/mol. The van der Waals surface area contributed by atoms with Gasteiger partial charge in [-0.2, -0.15) is 0 Å². The molecule has 0 radical (unpaired) electrons. The van der Waals surface area contributed by atoms with E-state index in [4.69, 9.17) is 14.4 Å². The number of benzene rings is 12. The molecule has 0 aliphatic carbocycles. The van der Waals surface area contributed by atoms with Gasteiger partial charge in [0.25, 0.3) is 0 Å². The fourth-order valence-electron chi connectivity index (χ4n) is 11.8. The van der Waals surface area contributed by atoms with E-state index in [9.17, 15) is 0 Å². The predicted octanol–water partition coefficient (Wildman–Crippen LogP) is 20.4. The molecule has 4 nitrogen and oxygen atoms in total. The first-order valence-corrected chi connectivity index (χ1v) is 28.4. The Morgan fingerprint density at radius 3 is 1.62 bits per heavy atom. The Bertz CT molecular complexity index is 4810. The van der Waals surface area contributed by atoms with Crippen molar-refractivity contribution in [3.8, 4) is 77.9 Å². The summed E-state index contributed by atoms with van der Waals surface area (Å²) < 4.78 is 9.11. The third kappa shape index (κ3) is 9.00. The van der Waals surface area contributed by atoms with E-state index in [1.807, 2.05) is 23.5 Å². The zero-order valence-corrected chi connectivity index (χ0v) is 45.2. The number of aryl methyl sites for hydroxylation is 1. The number of nitrogens with one attached hydrogen (secondary N) is 1. The van der Waals surface area contributed by atoms with E-state index in [1.165, 1.54) is 53.6 Å². The molecule has 14 aromatic rings. The molecular weight excluding hydrogens is 1000 g/mol. The maximum Gasteiger partial charge on any atom is 0.159 e. The van der Waals surface area contributed by atoms with Crippen molar-refractivity contribution in [2.24, 2.45) is 9.98 Å². The van der Waals surface area contributed by atoms with E-state index in [-0.39, 0.29) is 0 Å². The molecule has 1 aliphatic heterocycles. The summed E-state index contributed by atoms with van der Waals surface area (Å²) >= 11 is 1.86. The highest BCUT2D eigenvalue weighted by Gasteiger charge is 2.23. The van der Waals surface area contributed by atoms with Gasteiger partial charge in [0.1, 0.15) is 23.2 Å². The highest BCUT2D eigenvalue weighted by Crippen LogP contribution is 2.42. The molecule has 2 aromatic heterocycles. The summed E-state index contributed by atoms with van der Waals surface area (Å²) in [6.45, 7) is 2.17. The fourth-order valence-corrected chi connectivity index (χ4v) is 13.1. The SMILES string of the molecule is Cc1cc(-c2ccc(C3N=C(c4cccc(-c5cccc(-c6cccc7c6sc6ccccc67)c5)c4)N=C(c4cccc(-c5cccc(-c6ccccc6-c6ccccc6)c5)c4)N3)cc2)cc(-c2cccc3c2oc2ccccc23)c1. The smallest absolute Gasteiger partial charge is 0.159 e. The van der Waals surface area contributed by atoms with Crippen LogP contribution < -0.4 is 5.32 Å². The van der Waals surface area contributed by atoms with Gasteiger partial charge in [0.15, 0.2) is 5.84 Å². The maximum absolute atomic E-state index is 6.50. The molecule has 12 aromatic carbocycles. The Hall–Kier alpha value is -10.2. The van der Waals surface area contributed by atoms with Gasteiger partial charge < -0.3 is 9.73 Å². The Morgan fingerprint density at radius 2 is 0.864 bits per heavy atom. The number of hydrogen-bond donors (Lipinski definition) is 1. The number of rotatable bonds is 10. The van der Waals surface area contributed by atoms with Gasteiger partial charge in [-0.25, -0.2) is 9.98 Å². The lowest BCUT2D eigenvalue weighted by Gasteiger charge is -2.24. The Morgan fingerprint density at radius 1 is 0.358 bits per heavy atom. The summed E-state index contributed by atoms with van der Waals surface area (Å²) in [5, 5.41) is 8.65. The van der Waals surface area contributed by atoms with Crippen LogP contribution >= 0.6 is 11.3 Å². The number of amidine groups is 2. The Labute approximate surface area is 474 Å². The summed E-state index contributed by atoms with van der Waals surface area (Å²) in [7, 11) is 0. The normalized spacial score (nSPS) is 13.4. The molecule has 1 N–H and O–H groups in total. The van der Waals surface area contributed by atoms with Gasteiger partial charge >= 0.3 is 0 Å². The van der Waals surface area contributed by atoms with E-state index in [1.54, 1.807) is 0 Å². The van der Waals surface area contributed by atoms with Gasteiger partial charge in [-0.15, -0.1) is 11.3 Å². The van der Waals surface area contributed by atoms with Gasteiger partial charge in [0, 0.05) is 47.6 Å². The van der Waals surface area contributed by atoms with Crippen molar-refractivity contribution < 1.29 is 4.42 Å². The first-order chi connectivity index (χ1) is 40.0. The van der Waals surface area contributed by atoms with Crippen molar-refractivity contribution >= 4 is 65.1 Å². The van der Waals surface area contributed by atoms with Crippen LogP contribution in [-0.2, 0) is 0 Å². The zero-order chi connectivity index (χ0) is 53.8. The van der Waals surface area contributed by atoms with Crippen LogP contribution in [0.1, 0.15) is 28.4 Å². The minimum Gasteiger partial charge on any atom is -0.455 e. The zero-order valence-electron chi connectivity index (χ0n) is 44.3. The third-order valence-corrected chi connectivity index (χ3v) is 17.0.